The molecule has 3 rings (SSSR count). The van der Waals surface area contributed by atoms with E-state index in [-0.39, 0.29) is 35.6 Å². The summed E-state index contributed by atoms with van der Waals surface area (Å²) in [4.78, 5) is 27.3. The summed E-state index contributed by atoms with van der Waals surface area (Å²) in [6.45, 7) is 2.63. The Morgan fingerprint density at radius 3 is 2.45 bits per heavy atom. The van der Waals surface area contributed by atoms with Crippen LogP contribution < -0.4 is 10.6 Å². The number of sulfone groups is 1. The van der Waals surface area contributed by atoms with Crippen LogP contribution in [0.2, 0.25) is 0 Å². The van der Waals surface area contributed by atoms with Crippen molar-refractivity contribution in [2.75, 3.05) is 35.2 Å². The summed E-state index contributed by atoms with van der Waals surface area (Å²) in [6.07, 6.45) is 1.31. The molecular weight excluding hydrogens is 421 g/mol. The number of para-hydroxylation sites is 1. The summed E-state index contributed by atoms with van der Waals surface area (Å²) in [6, 6.07) is 11.8. The summed E-state index contributed by atoms with van der Waals surface area (Å²) in [5.41, 5.74) is 1.05. The molecule has 1 heterocycles. The normalized spacial score (nSPS) is 17.5. The zero-order chi connectivity index (χ0) is 22.4. The average molecular weight is 448 g/mol. The second-order valence-electron chi connectivity index (χ2n) is 7.58. The first-order chi connectivity index (χ1) is 14.8. The fourth-order valence-corrected chi connectivity index (χ4v) is 5.40. The largest absolute Gasteiger partial charge is 0.324 e. The molecule has 1 unspecified atom stereocenters. The molecular formula is C22H26FN3O4S. The molecule has 2 aromatic rings. The van der Waals surface area contributed by atoms with Crippen molar-refractivity contribution in [3.05, 3.63) is 59.9 Å². The minimum atomic E-state index is -3.05. The SMILES string of the molecule is CCCN(CC(=O)Nc1ccccc1C(=O)Nc1ccc(F)cc1)C1CCS(=O)(=O)C1. The van der Waals surface area contributed by atoms with Gasteiger partial charge in [-0.2, -0.15) is 0 Å². The summed E-state index contributed by atoms with van der Waals surface area (Å²) >= 11 is 0. The molecule has 0 saturated carbocycles. The summed E-state index contributed by atoms with van der Waals surface area (Å²) in [7, 11) is -3.05. The van der Waals surface area contributed by atoms with Gasteiger partial charge in [0.1, 0.15) is 5.82 Å². The lowest BCUT2D eigenvalue weighted by Gasteiger charge is -2.27. The molecule has 1 saturated heterocycles. The standard InChI is InChI=1S/C22H26FN3O4S/c1-2-12-26(18-11-13-31(29,30)15-18)14-21(27)25-20-6-4-3-5-19(20)22(28)24-17-9-7-16(23)8-10-17/h3-10,18H,2,11-15H2,1H3,(H,24,28)(H,25,27). The highest BCUT2D eigenvalue weighted by Crippen LogP contribution is 2.20. The van der Waals surface area contributed by atoms with Gasteiger partial charge in [-0.25, -0.2) is 12.8 Å². The smallest absolute Gasteiger partial charge is 0.257 e. The molecule has 1 aliphatic rings. The van der Waals surface area contributed by atoms with Gasteiger partial charge in [0, 0.05) is 11.7 Å². The lowest BCUT2D eigenvalue weighted by Crippen LogP contribution is -2.42. The molecule has 1 aliphatic heterocycles. The number of hydrogen-bond acceptors (Lipinski definition) is 5. The summed E-state index contributed by atoms with van der Waals surface area (Å²) in [5.74, 6) is -0.949. The van der Waals surface area contributed by atoms with Gasteiger partial charge in [0.2, 0.25) is 5.91 Å². The number of nitrogens with zero attached hydrogens (tertiary/aromatic N) is 1. The fraction of sp³-hybridized carbons (Fsp3) is 0.364. The highest BCUT2D eigenvalue weighted by Gasteiger charge is 2.32. The molecule has 2 amide bonds. The highest BCUT2D eigenvalue weighted by atomic mass is 32.2. The number of nitrogens with one attached hydrogen (secondary N) is 2. The molecule has 0 bridgehead atoms. The first-order valence-corrected chi connectivity index (χ1v) is 12.0. The Bertz CT molecular complexity index is 1040. The number of amides is 2. The van der Waals surface area contributed by atoms with Gasteiger partial charge in [0.15, 0.2) is 9.84 Å². The monoisotopic (exact) mass is 447 g/mol. The lowest BCUT2D eigenvalue weighted by atomic mass is 10.1. The number of rotatable bonds is 8. The van der Waals surface area contributed by atoms with E-state index in [1.54, 1.807) is 24.3 Å². The van der Waals surface area contributed by atoms with Crippen molar-refractivity contribution in [1.29, 1.82) is 0 Å². The zero-order valence-electron chi connectivity index (χ0n) is 17.3. The van der Waals surface area contributed by atoms with Crippen LogP contribution in [0.4, 0.5) is 15.8 Å². The van der Waals surface area contributed by atoms with E-state index in [0.29, 0.717) is 24.3 Å². The molecule has 2 N–H and O–H groups in total. The van der Waals surface area contributed by atoms with Crippen molar-refractivity contribution < 1.29 is 22.4 Å². The van der Waals surface area contributed by atoms with Crippen LogP contribution in [0.5, 0.6) is 0 Å². The second kappa shape index (κ2) is 10.0. The van der Waals surface area contributed by atoms with E-state index in [1.807, 2.05) is 11.8 Å². The molecule has 1 fully saturated rings. The Morgan fingerprint density at radius 2 is 1.81 bits per heavy atom. The quantitative estimate of drug-likeness (QED) is 0.649. The molecule has 9 heteroatoms. The van der Waals surface area contributed by atoms with E-state index >= 15 is 0 Å². The Kier molecular flexibility index (Phi) is 7.40. The third-order valence-electron chi connectivity index (χ3n) is 5.13. The number of benzene rings is 2. The average Bonchev–Trinajstić information content (AvgIpc) is 3.09. The van der Waals surface area contributed by atoms with Crippen molar-refractivity contribution in [2.24, 2.45) is 0 Å². The van der Waals surface area contributed by atoms with Gasteiger partial charge < -0.3 is 10.6 Å². The topological polar surface area (TPSA) is 95.6 Å². The molecule has 166 valence electrons. The van der Waals surface area contributed by atoms with Crippen LogP contribution in [0.25, 0.3) is 0 Å². The van der Waals surface area contributed by atoms with Crippen molar-refractivity contribution in [3.63, 3.8) is 0 Å². The molecule has 31 heavy (non-hydrogen) atoms. The molecule has 2 aromatic carbocycles. The first kappa shape index (κ1) is 22.9. The maximum absolute atomic E-state index is 13.1. The van der Waals surface area contributed by atoms with E-state index in [2.05, 4.69) is 10.6 Å². The fourth-order valence-electron chi connectivity index (χ4n) is 3.64. The van der Waals surface area contributed by atoms with Crippen LogP contribution in [0.1, 0.15) is 30.1 Å². The van der Waals surface area contributed by atoms with Crippen molar-refractivity contribution >= 4 is 33.0 Å². The van der Waals surface area contributed by atoms with Gasteiger partial charge in [0.25, 0.3) is 5.91 Å². The van der Waals surface area contributed by atoms with E-state index in [9.17, 15) is 22.4 Å². The minimum absolute atomic E-state index is 0.0436. The van der Waals surface area contributed by atoms with Crippen molar-refractivity contribution in [1.82, 2.24) is 4.90 Å². The van der Waals surface area contributed by atoms with E-state index in [4.69, 9.17) is 0 Å². The zero-order valence-corrected chi connectivity index (χ0v) is 18.1. The Labute approximate surface area is 181 Å². The van der Waals surface area contributed by atoms with Gasteiger partial charge in [-0.15, -0.1) is 0 Å². The molecule has 1 atom stereocenters. The highest BCUT2D eigenvalue weighted by molar-refractivity contribution is 7.91. The van der Waals surface area contributed by atoms with Crippen LogP contribution in [0.15, 0.2) is 48.5 Å². The third kappa shape index (κ3) is 6.35. The van der Waals surface area contributed by atoms with Gasteiger partial charge in [-0.1, -0.05) is 19.1 Å². The van der Waals surface area contributed by atoms with Crippen molar-refractivity contribution in [2.45, 2.75) is 25.8 Å². The minimum Gasteiger partial charge on any atom is -0.324 e. The summed E-state index contributed by atoms with van der Waals surface area (Å²) in [5, 5.41) is 5.45. The molecule has 0 aliphatic carbocycles. The first-order valence-electron chi connectivity index (χ1n) is 10.2. The van der Waals surface area contributed by atoms with E-state index in [0.717, 1.165) is 6.42 Å². The van der Waals surface area contributed by atoms with E-state index < -0.39 is 21.6 Å². The number of halogens is 1. The van der Waals surface area contributed by atoms with Gasteiger partial charge in [0.05, 0.1) is 29.3 Å². The maximum Gasteiger partial charge on any atom is 0.257 e. The van der Waals surface area contributed by atoms with Crippen LogP contribution in [-0.4, -0.2) is 55.8 Å². The number of carbonyl (C=O) groups is 2. The van der Waals surface area contributed by atoms with Crippen LogP contribution in [0.3, 0.4) is 0 Å². The van der Waals surface area contributed by atoms with Crippen molar-refractivity contribution in [3.8, 4) is 0 Å². The van der Waals surface area contributed by atoms with Gasteiger partial charge in [-0.05, 0) is 55.8 Å². The van der Waals surface area contributed by atoms with Crippen LogP contribution in [0, 0.1) is 5.82 Å². The van der Waals surface area contributed by atoms with Gasteiger partial charge >= 0.3 is 0 Å². The molecule has 7 nitrogen and oxygen atoms in total. The Balaban J connectivity index is 1.68. The summed E-state index contributed by atoms with van der Waals surface area (Å²) < 4.78 is 36.7. The molecule has 0 aromatic heterocycles. The number of hydrogen-bond donors (Lipinski definition) is 2. The second-order valence-corrected chi connectivity index (χ2v) is 9.81. The Morgan fingerprint density at radius 1 is 1.10 bits per heavy atom. The third-order valence-corrected chi connectivity index (χ3v) is 6.88. The maximum atomic E-state index is 13.1. The Hall–Kier alpha value is -2.78. The molecule has 0 radical (unpaired) electrons. The molecule has 0 spiro atoms. The van der Waals surface area contributed by atoms with Gasteiger partial charge in [-0.3, -0.25) is 14.5 Å². The lowest BCUT2D eigenvalue weighted by molar-refractivity contribution is -0.117. The number of carbonyl (C=O) groups excluding carboxylic acids is 2. The predicted octanol–water partition coefficient (Wildman–Crippen LogP) is 2.92. The predicted molar refractivity (Wildman–Crippen MR) is 118 cm³/mol. The van der Waals surface area contributed by atoms with Crippen LogP contribution in [-0.2, 0) is 14.6 Å². The van der Waals surface area contributed by atoms with Crippen LogP contribution >= 0.6 is 0 Å². The van der Waals surface area contributed by atoms with E-state index in [1.165, 1.54) is 24.3 Å². The number of anilines is 2.